The van der Waals surface area contributed by atoms with Gasteiger partial charge >= 0.3 is 5.97 Å². The molecule has 0 spiro atoms. The van der Waals surface area contributed by atoms with Crippen LogP contribution in [0.1, 0.15) is 12.8 Å². The number of nitrogens with two attached hydrogens (primary N) is 1. The van der Waals surface area contributed by atoms with E-state index in [0.717, 1.165) is 0 Å². The van der Waals surface area contributed by atoms with Gasteiger partial charge in [-0.1, -0.05) is 5.92 Å². The zero-order valence-corrected chi connectivity index (χ0v) is 6.46. The highest BCUT2D eigenvalue weighted by atomic mass is 16.4. The molecular weight excluding hydrogens is 160 g/mol. The summed E-state index contributed by atoms with van der Waals surface area (Å²) in [4.78, 5) is 20.1. The number of primary amides is 1. The Morgan fingerprint density at radius 3 is 2.67 bits per heavy atom. The second-order valence-corrected chi connectivity index (χ2v) is 2.02. The standard InChI is InChI=1S/C7H10N2O3/c8-6(10)3-1-2-4-9-5-7(11)12/h9H,1,3,5H2,(H2,8,10)(H,11,12). The Hall–Kier alpha value is -1.70. The SMILES string of the molecule is NC(=O)CCC#CNCC(=O)O. The molecule has 0 heterocycles. The first-order chi connectivity index (χ1) is 5.63. The molecule has 0 rings (SSSR count). The molecule has 0 aromatic carbocycles. The fraction of sp³-hybridized carbons (Fsp3) is 0.429. The topological polar surface area (TPSA) is 92.4 Å². The van der Waals surface area contributed by atoms with Gasteiger partial charge in [-0.15, -0.1) is 0 Å². The van der Waals surface area contributed by atoms with Crippen molar-refractivity contribution in [2.75, 3.05) is 6.54 Å². The minimum absolute atomic E-state index is 0.196. The summed E-state index contributed by atoms with van der Waals surface area (Å²) in [6, 6.07) is 2.38. The first-order valence-corrected chi connectivity index (χ1v) is 3.33. The molecule has 0 aromatic rings. The lowest BCUT2D eigenvalue weighted by Crippen LogP contribution is -2.17. The molecule has 0 radical (unpaired) electrons. The number of hydrogen-bond acceptors (Lipinski definition) is 3. The molecule has 0 unspecified atom stereocenters. The molecule has 4 N–H and O–H groups in total. The number of carboxylic acids is 1. The lowest BCUT2D eigenvalue weighted by Gasteiger charge is -1.88. The van der Waals surface area contributed by atoms with Crippen molar-refractivity contribution in [3.63, 3.8) is 0 Å². The van der Waals surface area contributed by atoms with E-state index in [0.29, 0.717) is 6.42 Å². The fourth-order valence-electron chi connectivity index (χ4n) is 0.431. The van der Waals surface area contributed by atoms with E-state index in [1.165, 1.54) is 0 Å². The van der Waals surface area contributed by atoms with E-state index in [-0.39, 0.29) is 13.0 Å². The lowest BCUT2D eigenvalue weighted by molar-refractivity contribution is -0.135. The molecule has 0 saturated carbocycles. The van der Waals surface area contributed by atoms with Gasteiger partial charge in [-0.3, -0.25) is 9.59 Å². The van der Waals surface area contributed by atoms with Gasteiger partial charge < -0.3 is 16.2 Å². The fourth-order valence-corrected chi connectivity index (χ4v) is 0.431. The molecule has 5 heteroatoms. The van der Waals surface area contributed by atoms with Gasteiger partial charge in [0, 0.05) is 18.9 Å². The van der Waals surface area contributed by atoms with E-state index in [9.17, 15) is 9.59 Å². The highest BCUT2D eigenvalue weighted by Crippen LogP contribution is 1.81. The van der Waals surface area contributed by atoms with E-state index in [2.05, 4.69) is 17.3 Å². The van der Waals surface area contributed by atoms with Crippen molar-refractivity contribution in [2.45, 2.75) is 12.8 Å². The van der Waals surface area contributed by atoms with E-state index in [1.807, 2.05) is 0 Å². The van der Waals surface area contributed by atoms with Crippen molar-refractivity contribution in [1.82, 2.24) is 5.32 Å². The molecule has 0 aliphatic rings. The number of carbonyl (C=O) groups excluding carboxylic acids is 1. The number of carboxylic acid groups (broad SMARTS) is 1. The number of aliphatic carboxylic acids is 1. The number of rotatable bonds is 4. The van der Waals surface area contributed by atoms with Gasteiger partial charge in [-0.05, 0) is 0 Å². The molecule has 0 atom stereocenters. The molecular formula is C7H10N2O3. The molecule has 66 valence electrons. The van der Waals surface area contributed by atoms with E-state index in [4.69, 9.17) is 10.8 Å². The summed E-state index contributed by atoms with van der Waals surface area (Å²) < 4.78 is 0. The van der Waals surface area contributed by atoms with Gasteiger partial charge in [0.2, 0.25) is 5.91 Å². The summed E-state index contributed by atoms with van der Waals surface area (Å²) in [6.07, 6.45) is 0.545. The van der Waals surface area contributed by atoms with Gasteiger partial charge in [0.1, 0.15) is 6.54 Å². The van der Waals surface area contributed by atoms with Crippen LogP contribution in [0.25, 0.3) is 0 Å². The maximum Gasteiger partial charge on any atom is 0.323 e. The van der Waals surface area contributed by atoms with Crippen LogP contribution in [0.15, 0.2) is 0 Å². The molecule has 0 aliphatic heterocycles. The van der Waals surface area contributed by atoms with Crippen LogP contribution in [0.2, 0.25) is 0 Å². The smallest absolute Gasteiger partial charge is 0.323 e. The average Bonchev–Trinajstić information content (AvgIpc) is 1.95. The maximum absolute atomic E-state index is 10.2. The third-order valence-electron chi connectivity index (χ3n) is 0.913. The number of nitrogens with one attached hydrogen (secondary N) is 1. The van der Waals surface area contributed by atoms with Crippen LogP contribution in [0.4, 0.5) is 0 Å². The normalized spacial score (nSPS) is 8.00. The number of amides is 1. The first-order valence-electron chi connectivity index (χ1n) is 3.33. The minimum Gasteiger partial charge on any atom is -0.480 e. The largest absolute Gasteiger partial charge is 0.480 e. The second-order valence-electron chi connectivity index (χ2n) is 2.02. The third-order valence-corrected chi connectivity index (χ3v) is 0.913. The summed E-state index contributed by atoms with van der Waals surface area (Å²) in [5.41, 5.74) is 4.83. The Labute approximate surface area is 69.9 Å². The van der Waals surface area contributed by atoms with Gasteiger partial charge in [0.05, 0.1) is 0 Å². The quantitative estimate of drug-likeness (QED) is 0.368. The van der Waals surface area contributed by atoms with E-state index >= 15 is 0 Å². The molecule has 0 saturated heterocycles. The van der Waals surface area contributed by atoms with Crippen molar-refractivity contribution < 1.29 is 14.7 Å². The van der Waals surface area contributed by atoms with Gasteiger partial charge in [0.15, 0.2) is 0 Å². The number of hydrogen-bond donors (Lipinski definition) is 3. The summed E-state index contributed by atoms with van der Waals surface area (Å²) in [6.45, 7) is -0.205. The summed E-state index contributed by atoms with van der Waals surface area (Å²) >= 11 is 0. The van der Waals surface area contributed by atoms with Crippen molar-refractivity contribution in [3.8, 4) is 12.0 Å². The Balaban J connectivity index is 3.35. The Kier molecular flexibility index (Phi) is 5.18. The summed E-state index contributed by atoms with van der Waals surface area (Å²) in [5.74, 6) is 1.16. The molecule has 0 aliphatic carbocycles. The Morgan fingerprint density at radius 1 is 1.50 bits per heavy atom. The van der Waals surface area contributed by atoms with Gasteiger partial charge in [0.25, 0.3) is 0 Å². The zero-order valence-electron chi connectivity index (χ0n) is 6.46. The van der Waals surface area contributed by atoms with Crippen LogP contribution >= 0.6 is 0 Å². The monoisotopic (exact) mass is 170 g/mol. The van der Waals surface area contributed by atoms with Gasteiger partial charge in [-0.25, -0.2) is 0 Å². The highest BCUT2D eigenvalue weighted by molar-refractivity contribution is 5.74. The van der Waals surface area contributed by atoms with Crippen molar-refractivity contribution in [3.05, 3.63) is 0 Å². The van der Waals surface area contributed by atoms with Crippen LogP contribution in [-0.4, -0.2) is 23.5 Å². The zero-order chi connectivity index (χ0) is 9.40. The van der Waals surface area contributed by atoms with Crippen molar-refractivity contribution >= 4 is 11.9 Å². The Morgan fingerprint density at radius 2 is 2.17 bits per heavy atom. The van der Waals surface area contributed by atoms with Crippen LogP contribution in [-0.2, 0) is 9.59 Å². The van der Waals surface area contributed by atoms with E-state index in [1.54, 1.807) is 0 Å². The molecule has 0 aromatic heterocycles. The minimum atomic E-state index is -0.973. The lowest BCUT2D eigenvalue weighted by atomic mass is 10.3. The summed E-state index contributed by atoms with van der Waals surface area (Å²) in [5, 5.41) is 10.5. The maximum atomic E-state index is 10.2. The molecule has 1 amide bonds. The second kappa shape index (κ2) is 6.04. The van der Waals surface area contributed by atoms with Crippen LogP contribution in [0.3, 0.4) is 0 Å². The highest BCUT2D eigenvalue weighted by Gasteiger charge is 1.90. The number of carbonyl (C=O) groups is 2. The molecule has 0 bridgehead atoms. The molecule has 12 heavy (non-hydrogen) atoms. The van der Waals surface area contributed by atoms with Crippen molar-refractivity contribution in [2.24, 2.45) is 5.73 Å². The predicted molar refractivity (Wildman–Crippen MR) is 41.8 cm³/mol. The summed E-state index contributed by atoms with van der Waals surface area (Å²) in [7, 11) is 0. The predicted octanol–water partition coefficient (Wildman–Crippen LogP) is -1.11. The van der Waals surface area contributed by atoms with Crippen molar-refractivity contribution in [1.29, 1.82) is 0 Å². The van der Waals surface area contributed by atoms with Crippen LogP contribution in [0, 0.1) is 12.0 Å². The Bertz CT molecular complexity index is 205. The van der Waals surface area contributed by atoms with E-state index < -0.39 is 11.9 Å². The molecule has 5 nitrogen and oxygen atoms in total. The average molecular weight is 170 g/mol. The molecule has 0 fully saturated rings. The first kappa shape index (κ1) is 10.3. The van der Waals surface area contributed by atoms with Crippen LogP contribution < -0.4 is 11.1 Å². The van der Waals surface area contributed by atoms with Gasteiger partial charge in [-0.2, -0.15) is 0 Å². The third kappa shape index (κ3) is 8.30. The van der Waals surface area contributed by atoms with Crippen LogP contribution in [0.5, 0.6) is 0 Å².